The van der Waals surface area contributed by atoms with E-state index < -0.39 is 0 Å². The topological polar surface area (TPSA) is 38.3 Å². The minimum Gasteiger partial charge on any atom is -0.384 e. The standard InChI is InChI=1S/C10H14BrNO2S/c1-14-7-8(11)4-5-12-10(13)9-3-2-6-15-9/h2-3,6,8H,4-5,7H2,1H3,(H,12,13). The van der Waals surface area contributed by atoms with Crippen molar-refractivity contribution < 1.29 is 9.53 Å². The average molecular weight is 292 g/mol. The second-order valence-corrected chi connectivity index (χ2v) is 5.32. The van der Waals surface area contributed by atoms with Crippen molar-refractivity contribution in [2.45, 2.75) is 11.2 Å². The number of hydrogen-bond acceptors (Lipinski definition) is 3. The van der Waals surface area contributed by atoms with Crippen LogP contribution in [0.4, 0.5) is 0 Å². The molecular formula is C10H14BrNO2S. The maximum atomic E-state index is 11.5. The molecule has 0 bridgehead atoms. The van der Waals surface area contributed by atoms with Crippen molar-refractivity contribution in [3.8, 4) is 0 Å². The van der Waals surface area contributed by atoms with Crippen LogP contribution in [0.5, 0.6) is 0 Å². The summed E-state index contributed by atoms with van der Waals surface area (Å²) in [7, 11) is 1.67. The van der Waals surface area contributed by atoms with Crippen molar-refractivity contribution in [1.29, 1.82) is 0 Å². The number of alkyl halides is 1. The highest BCUT2D eigenvalue weighted by Crippen LogP contribution is 2.08. The highest BCUT2D eigenvalue weighted by Gasteiger charge is 2.07. The van der Waals surface area contributed by atoms with Gasteiger partial charge in [0.15, 0.2) is 0 Å². The summed E-state index contributed by atoms with van der Waals surface area (Å²) in [6, 6.07) is 3.69. The Kier molecular flexibility index (Phi) is 5.90. The highest BCUT2D eigenvalue weighted by molar-refractivity contribution is 9.09. The van der Waals surface area contributed by atoms with Gasteiger partial charge in [-0.2, -0.15) is 0 Å². The maximum absolute atomic E-state index is 11.5. The lowest BCUT2D eigenvalue weighted by atomic mass is 10.3. The molecular weight excluding hydrogens is 278 g/mol. The van der Waals surface area contributed by atoms with Crippen molar-refractivity contribution in [2.24, 2.45) is 0 Å². The Morgan fingerprint density at radius 3 is 3.13 bits per heavy atom. The molecule has 0 aliphatic rings. The van der Waals surface area contributed by atoms with E-state index in [-0.39, 0.29) is 5.91 Å². The normalized spacial score (nSPS) is 12.4. The Bertz CT molecular complexity index is 290. The monoisotopic (exact) mass is 291 g/mol. The van der Waals surface area contributed by atoms with Crippen LogP contribution >= 0.6 is 27.3 Å². The maximum Gasteiger partial charge on any atom is 0.261 e. The number of hydrogen-bond donors (Lipinski definition) is 1. The van der Waals surface area contributed by atoms with Crippen LogP contribution in [0.2, 0.25) is 0 Å². The van der Waals surface area contributed by atoms with Gasteiger partial charge in [0, 0.05) is 18.5 Å². The van der Waals surface area contributed by atoms with Gasteiger partial charge < -0.3 is 10.1 Å². The average Bonchev–Trinajstić information content (AvgIpc) is 2.70. The van der Waals surface area contributed by atoms with Crippen molar-refractivity contribution in [3.63, 3.8) is 0 Å². The molecule has 15 heavy (non-hydrogen) atoms. The van der Waals surface area contributed by atoms with Gasteiger partial charge in [-0.25, -0.2) is 0 Å². The fourth-order valence-corrected chi connectivity index (χ4v) is 2.23. The minimum atomic E-state index is 0.00196. The summed E-state index contributed by atoms with van der Waals surface area (Å²) in [5.74, 6) is 0.00196. The predicted octanol–water partition coefficient (Wildman–Crippen LogP) is 2.28. The van der Waals surface area contributed by atoms with E-state index in [1.807, 2.05) is 17.5 Å². The Balaban J connectivity index is 2.18. The van der Waals surface area contributed by atoms with E-state index in [1.54, 1.807) is 7.11 Å². The molecule has 0 fully saturated rings. The third kappa shape index (κ3) is 4.77. The van der Waals surface area contributed by atoms with E-state index in [1.165, 1.54) is 11.3 Å². The molecule has 1 aromatic heterocycles. The molecule has 1 aromatic rings. The van der Waals surface area contributed by atoms with Gasteiger partial charge in [0.1, 0.15) is 0 Å². The van der Waals surface area contributed by atoms with E-state index in [0.29, 0.717) is 18.0 Å². The minimum absolute atomic E-state index is 0.00196. The molecule has 0 saturated heterocycles. The van der Waals surface area contributed by atoms with Crippen LogP contribution in [-0.2, 0) is 4.74 Å². The van der Waals surface area contributed by atoms with E-state index in [2.05, 4.69) is 21.2 Å². The van der Waals surface area contributed by atoms with Gasteiger partial charge in [-0.05, 0) is 17.9 Å². The Morgan fingerprint density at radius 1 is 1.73 bits per heavy atom. The van der Waals surface area contributed by atoms with Gasteiger partial charge in [0.25, 0.3) is 5.91 Å². The van der Waals surface area contributed by atoms with Crippen molar-refractivity contribution in [1.82, 2.24) is 5.32 Å². The van der Waals surface area contributed by atoms with Crippen LogP contribution in [0.25, 0.3) is 0 Å². The molecule has 1 heterocycles. The summed E-state index contributed by atoms with van der Waals surface area (Å²) >= 11 is 4.91. The smallest absolute Gasteiger partial charge is 0.261 e. The zero-order valence-corrected chi connectivity index (χ0v) is 10.9. The number of halogens is 1. The number of ether oxygens (including phenoxy) is 1. The lowest BCUT2D eigenvalue weighted by Crippen LogP contribution is -2.26. The molecule has 0 saturated carbocycles. The second-order valence-electron chi connectivity index (χ2n) is 3.07. The van der Waals surface area contributed by atoms with Gasteiger partial charge in [-0.15, -0.1) is 11.3 Å². The third-order valence-electron chi connectivity index (χ3n) is 1.84. The number of rotatable bonds is 6. The van der Waals surface area contributed by atoms with Crippen LogP contribution in [0.1, 0.15) is 16.1 Å². The van der Waals surface area contributed by atoms with E-state index in [9.17, 15) is 4.79 Å². The van der Waals surface area contributed by atoms with Gasteiger partial charge in [0.05, 0.1) is 11.5 Å². The molecule has 5 heteroatoms. The first-order valence-electron chi connectivity index (χ1n) is 4.68. The van der Waals surface area contributed by atoms with Crippen molar-refractivity contribution in [2.75, 3.05) is 20.3 Å². The number of thiophene rings is 1. The predicted molar refractivity (Wildman–Crippen MR) is 65.9 cm³/mol. The lowest BCUT2D eigenvalue weighted by Gasteiger charge is -2.08. The largest absolute Gasteiger partial charge is 0.384 e. The molecule has 1 unspecified atom stereocenters. The Hall–Kier alpha value is -0.390. The van der Waals surface area contributed by atoms with Crippen molar-refractivity contribution in [3.05, 3.63) is 22.4 Å². The number of carbonyl (C=O) groups excluding carboxylic acids is 1. The fraction of sp³-hybridized carbons (Fsp3) is 0.500. The molecule has 0 aromatic carbocycles. The zero-order chi connectivity index (χ0) is 11.1. The first-order valence-corrected chi connectivity index (χ1v) is 6.48. The van der Waals surface area contributed by atoms with Crippen molar-refractivity contribution >= 4 is 33.2 Å². The van der Waals surface area contributed by atoms with Crippen LogP contribution in [0.3, 0.4) is 0 Å². The molecule has 3 nitrogen and oxygen atoms in total. The lowest BCUT2D eigenvalue weighted by molar-refractivity contribution is 0.0956. The SMILES string of the molecule is COCC(Br)CCNC(=O)c1cccs1. The van der Waals surface area contributed by atoms with Crippen LogP contribution in [0.15, 0.2) is 17.5 Å². The van der Waals surface area contributed by atoms with E-state index in [4.69, 9.17) is 4.74 Å². The number of amides is 1. The second kappa shape index (κ2) is 6.98. The van der Waals surface area contributed by atoms with Gasteiger partial charge in [-0.1, -0.05) is 22.0 Å². The number of methoxy groups -OCH3 is 1. The summed E-state index contributed by atoms with van der Waals surface area (Å²) in [5.41, 5.74) is 0. The Morgan fingerprint density at radius 2 is 2.53 bits per heavy atom. The summed E-state index contributed by atoms with van der Waals surface area (Å²) in [5, 5.41) is 4.76. The molecule has 1 rings (SSSR count). The third-order valence-corrected chi connectivity index (χ3v) is 3.43. The molecule has 84 valence electrons. The molecule has 0 aliphatic carbocycles. The van der Waals surface area contributed by atoms with E-state index in [0.717, 1.165) is 11.3 Å². The fourth-order valence-electron chi connectivity index (χ4n) is 1.10. The molecule has 1 atom stereocenters. The summed E-state index contributed by atoms with van der Waals surface area (Å²) in [4.78, 5) is 12.6. The van der Waals surface area contributed by atoms with Gasteiger partial charge in [-0.3, -0.25) is 4.79 Å². The Labute approximate surface area is 102 Å². The van der Waals surface area contributed by atoms with Gasteiger partial charge in [0.2, 0.25) is 0 Å². The number of nitrogens with one attached hydrogen (secondary N) is 1. The van der Waals surface area contributed by atoms with Crippen LogP contribution in [-0.4, -0.2) is 31.0 Å². The quantitative estimate of drug-likeness (QED) is 0.817. The molecule has 1 amide bonds. The van der Waals surface area contributed by atoms with Crippen LogP contribution < -0.4 is 5.32 Å². The van der Waals surface area contributed by atoms with Gasteiger partial charge >= 0.3 is 0 Å². The number of carbonyl (C=O) groups is 1. The summed E-state index contributed by atoms with van der Waals surface area (Å²) in [6.07, 6.45) is 0.866. The first-order chi connectivity index (χ1) is 7.24. The molecule has 0 aliphatic heterocycles. The first kappa shape index (κ1) is 12.7. The molecule has 0 spiro atoms. The van der Waals surface area contributed by atoms with E-state index >= 15 is 0 Å². The van der Waals surface area contributed by atoms with Crippen LogP contribution in [0, 0.1) is 0 Å². The zero-order valence-electron chi connectivity index (χ0n) is 8.53. The molecule has 0 radical (unpaired) electrons. The molecule has 1 N–H and O–H groups in total. The summed E-state index contributed by atoms with van der Waals surface area (Å²) in [6.45, 7) is 1.32. The summed E-state index contributed by atoms with van der Waals surface area (Å²) < 4.78 is 4.98. The highest BCUT2D eigenvalue weighted by atomic mass is 79.9.